The number of rotatable bonds is 4. The summed E-state index contributed by atoms with van der Waals surface area (Å²) in [5.41, 5.74) is 3.42. The van der Waals surface area contributed by atoms with Gasteiger partial charge in [-0.25, -0.2) is 9.18 Å². The van der Waals surface area contributed by atoms with Gasteiger partial charge in [-0.2, -0.15) is 0 Å². The van der Waals surface area contributed by atoms with Crippen molar-refractivity contribution in [1.82, 2.24) is 4.57 Å². The molecule has 140 valence electrons. The molecule has 4 aromatic rings. The molecule has 1 heterocycles. The lowest BCUT2D eigenvalue weighted by molar-refractivity contribution is 0.145. The summed E-state index contributed by atoms with van der Waals surface area (Å²) in [4.78, 5) is 11.1. The molecule has 0 saturated carbocycles. The molecule has 4 nitrogen and oxygen atoms in total. The molecule has 0 aliphatic heterocycles. The second-order valence-electron chi connectivity index (χ2n) is 6.34. The molecule has 0 amide bonds. The van der Waals surface area contributed by atoms with Crippen molar-refractivity contribution < 1.29 is 19.0 Å². The summed E-state index contributed by atoms with van der Waals surface area (Å²) in [7, 11) is 0. The molecular formula is C22H15ClFNO3. The van der Waals surface area contributed by atoms with Crippen molar-refractivity contribution >= 4 is 28.7 Å². The summed E-state index contributed by atoms with van der Waals surface area (Å²) in [5.74, 6) is -0.246. The van der Waals surface area contributed by atoms with Crippen LogP contribution in [0.25, 0.3) is 22.0 Å². The molecule has 3 aromatic carbocycles. The van der Waals surface area contributed by atoms with Crippen LogP contribution in [0.15, 0.2) is 72.9 Å². The molecule has 0 unspecified atom stereocenters. The minimum atomic E-state index is -1.38. The average Bonchev–Trinajstić information content (AvgIpc) is 3.01. The Kier molecular flexibility index (Phi) is 4.75. The van der Waals surface area contributed by atoms with Gasteiger partial charge in [0.2, 0.25) is 0 Å². The fourth-order valence-electron chi connectivity index (χ4n) is 3.21. The number of carboxylic acid groups (broad SMARTS) is 1. The van der Waals surface area contributed by atoms with Gasteiger partial charge >= 0.3 is 6.16 Å². The Morgan fingerprint density at radius 3 is 2.46 bits per heavy atom. The number of ether oxygens (including phenoxy) is 1. The Bertz CT molecular complexity index is 1170. The van der Waals surface area contributed by atoms with E-state index < -0.39 is 12.0 Å². The summed E-state index contributed by atoms with van der Waals surface area (Å²) >= 11 is 5.89. The maximum absolute atomic E-state index is 13.5. The SMILES string of the molecule is O=C(O)Oc1cn(Cc2ccccc2)c2ccc(-c3ccc(F)c(Cl)c3)cc12. The third-order valence-electron chi connectivity index (χ3n) is 4.49. The molecule has 0 aliphatic rings. The van der Waals surface area contributed by atoms with E-state index in [2.05, 4.69) is 0 Å². The van der Waals surface area contributed by atoms with Gasteiger partial charge in [0.25, 0.3) is 0 Å². The smallest absolute Gasteiger partial charge is 0.449 e. The van der Waals surface area contributed by atoms with Crippen molar-refractivity contribution in [3.8, 4) is 16.9 Å². The predicted molar refractivity (Wildman–Crippen MR) is 107 cm³/mol. The molecule has 6 heteroatoms. The molecule has 28 heavy (non-hydrogen) atoms. The summed E-state index contributed by atoms with van der Waals surface area (Å²) in [6.45, 7) is 0.571. The second kappa shape index (κ2) is 7.37. The van der Waals surface area contributed by atoms with Gasteiger partial charge in [0.15, 0.2) is 5.75 Å². The average molecular weight is 396 g/mol. The van der Waals surface area contributed by atoms with Crippen LogP contribution in [0.4, 0.5) is 9.18 Å². The van der Waals surface area contributed by atoms with E-state index in [1.54, 1.807) is 12.3 Å². The van der Waals surface area contributed by atoms with Gasteiger partial charge in [0.05, 0.1) is 10.5 Å². The lowest BCUT2D eigenvalue weighted by Crippen LogP contribution is -2.02. The van der Waals surface area contributed by atoms with Gasteiger partial charge in [0, 0.05) is 18.1 Å². The van der Waals surface area contributed by atoms with Gasteiger partial charge in [-0.1, -0.05) is 54.1 Å². The van der Waals surface area contributed by atoms with Crippen molar-refractivity contribution in [2.75, 3.05) is 0 Å². The highest BCUT2D eigenvalue weighted by molar-refractivity contribution is 6.31. The maximum atomic E-state index is 13.5. The number of fused-ring (bicyclic) bond motifs is 1. The third-order valence-corrected chi connectivity index (χ3v) is 4.78. The number of benzene rings is 3. The molecule has 0 radical (unpaired) electrons. The van der Waals surface area contributed by atoms with E-state index in [0.29, 0.717) is 11.9 Å². The van der Waals surface area contributed by atoms with Crippen molar-refractivity contribution in [3.63, 3.8) is 0 Å². The first-order valence-electron chi connectivity index (χ1n) is 8.54. The van der Waals surface area contributed by atoms with Gasteiger partial charge in [-0.3, -0.25) is 0 Å². The zero-order chi connectivity index (χ0) is 19.7. The molecule has 4 rings (SSSR count). The Morgan fingerprint density at radius 2 is 1.75 bits per heavy atom. The molecule has 0 saturated heterocycles. The summed E-state index contributed by atoms with van der Waals surface area (Å²) in [6.07, 6.45) is 0.293. The predicted octanol–water partition coefficient (Wildman–Crippen LogP) is 6.21. The fourth-order valence-corrected chi connectivity index (χ4v) is 3.39. The zero-order valence-electron chi connectivity index (χ0n) is 14.6. The summed E-state index contributed by atoms with van der Waals surface area (Å²) in [5, 5.41) is 9.77. The number of nitrogens with zero attached hydrogens (tertiary/aromatic N) is 1. The number of hydrogen-bond acceptors (Lipinski definition) is 2. The van der Waals surface area contributed by atoms with E-state index in [0.717, 1.165) is 22.2 Å². The van der Waals surface area contributed by atoms with Crippen LogP contribution in [0.5, 0.6) is 5.75 Å². The topological polar surface area (TPSA) is 51.5 Å². The van der Waals surface area contributed by atoms with Gasteiger partial charge in [0.1, 0.15) is 5.82 Å². The van der Waals surface area contributed by atoms with Crippen molar-refractivity contribution in [2.24, 2.45) is 0 Å². The third kappa shape index (κ3) is 3.57. The standard InChI is InChI=1S/C22H15ClFNO3/c23-18-11-16(6-8-19(18)24)15-7-9-20-17(10-15)21(28-22(26)27)13-25(20)12-14-4-2-1-3-5-14/h1-11,13H,12H2,(H,26,27). The van der Waals surface area contributed by atoms with Crippen LogP contribution in [-0.4, -0.2) is 15.8 Å². The monoisotopic (exact) mass is 395 g/mol. The van der Waals surface area contributed by atoms with Crippen molar-refractivity contribution in [3.05, 3.63) is 89.3 Å². The highest BCUT2D eigenvalue weighted by Gasteiger charge is 2.14. The Hall–Kier alpha value is -3.31. The molecule has 0 aliphatic carbocycles. The van der Waals surface area contributed by atoms with Gasteiger partial charge in [-0.15, -0.1) is 0 Å². The molecule has 0 spiro atoms. The van der Waals surface area contributed by atoms with Crippen LogP contribution in [0.3, 0.4) is 0 Å². The number of hydrogen-bond donors (Lipinski definition) is 1. The Labute approximate surface area is 165 Å². The van der Waals surface area contributed by atoms with E-state index in [9.17, 15) is 9.18 Å². The lowest BCUT2D eigenvalue weighted by atomic mass is 10.0. The first-order chi connectivity index (χ1) is 13.5. The summed E-state index contributed by atoms with van der Waals surface area (Å²) in [6, 6.07) is 19.9. The van der Waals surface area contributed by atoms with Crippen LogP contribution in [0, 0.1) is 5.82 Å². The van der Waals surface area contributed by atoms with Crippen LogP contribution in [-0.2, 0) is 6.54 Å². The van der Waals surface area contributed by atoms with E-state index in [1.807, 2.05) is 53.1 Å². The van der Waals surface area contributed by atoms with Crippen LogP contribution in [0.1, 0.15) is 5.56 Å². The number of carbonyl (C=O) groups is 1. The van der Waals surface area contributed by atoms with E-state index in [-0.39, 0.29) is 10.8 Å². The van der Waals surface area contributed by atoms with E-state index >= 15 is 0 Å². The molecule has 1 N–H and O–H groups in total. The minimum Gasteiger partial charge on any atom is -0.449 e. The number of aromatic nitrogens is 1. The fraction of sp³-hybridized carbons (Fsp3) is 0.0455. The molecule has 0 fully saturated rings. The van der Waals surface area contributed by atoms with Crippen LogP contribution < -0.4 is 4.74 Å². The lowest BCUT2D eigenvalue weighted by Gasteiger charge is -2.07. The highest BCUT2D eigenvalue weighted by Crippen LogP contribution is 2.34. The Morgan fingerprint density at radius 1 is 1.04 bits per heavy atom. The van der Waals surface area contributed by atoms with E-state index in [4.69, 9.17) is 21.4 Å². The molecule has 0 atom stereocenters. The van der Waals surface area contributed by atoms with Gasteiger partial charge < -0.3 is 14.4 Å². The zero-order valence-corrected chi connectivity index (χ0v) is 15.4. The molecule has 0 bridgehead atoms. The van der Waals surface area contributed by atoms with Gasteiger partial charge in [-0.05, 0) is 41.0 Å². The normalized spacial score (nSPS) is 10.9. The van der Waals surface area contributed by atoms with E-state index in [1.165, 1.54) is 12.1 Å². The van der Waals surface area contributed by atoms with Crippen LogP contribution in [0.2, 0.25) is 5.02 Å². The molecular weight excluding hydrogens is 381 g/mol. The maximum Gasteiger partial charge on any atom is 0.511 e. The first kappa shape index (κ1) is 18.1. The highest BCUT2D eigenvalue weighted by atomic mass is 35.5. The summed E-state index contributed by atoms with van der Waals surface area (Å²) < 4.78 is 20.4. The van der Waals surface area contributed by atoms with Crippen molar-refractivity contribution in [1.29, 1.82) is 0 Å². The van der Waals surface area contributed by atoms with Crippen molar-refractivity contribution in [2.45, 2.75) is 6.54 Å². The largest absolute Gasteiger partial charge is 0.511 e. The van der Waals surface area contributed by atoms with Crippen LogP contribution >= 0.6 is 11.6 Å². The number of halogens is 2. The second-order valence-corrected chi connectivity index (χ2v) is 6.74. The first-order valence-corrected chi connectivity index (χ1v) is 8.92. The minimum absolute atomic E-state index is 0.0289. The molecule has 1 aromatic heterocycles. The quantitative estimate of drug-likeness (QED) is 0.418. The Balaban J connectivity index is 1.82.